The Kier molecular flexibility index (Phi) is 24.6. The highest BCUT2D eigenvalue weighted by molar-refractivity contribution is 7.91. The summed E-state index contributed by atoms with van der Waals surface area (Å²) in [6.07, 6.45) is 9.99. The van der Waals surface area contributed by atoms with E-state index < -0.39 is 110 Å². The number of hydrogen-bond donors (Lipinski definition) is 0. The molecule has 16 atom stereocenters. The molecule has 0 bridgehead atoms. The molecule has 8 aromatic rings. The molecule has 0 spiro atoms. The van der Waals surface area contributed by atoms with Gasteiger partial charge in [-0.3, -0.25) is 19.6 Å². The van der Waals surface area contributed by atoms with Crippen molar-refractivity contribution in [1.82, 2.24) is 19.6 Å². The maximum atomic E-state index is 13.6. The van der Waals surface area contributed by atoms with Crippen LogP contribution in [0.15, 0.2) is 238 Å². The van der Waals surface area contributed by atoms with Crippen LogP contribution in [0, 0.1) is 71.0 Å². The lowest BCUT2D eigenvalue weighted by Crippen LogP contribution is -2.49. The van der Waals surface area contributed by atoms with E-state index in [1.165, 1.54) is 47.3 Å². The highest BCUT2D eigenvalue weighted by Gasteiger charge is 2.74. The van der Waals surface area contributed by atoms with Gasteiger partial charge in [-0.25, -0.2) is 68.8 Å². The smallest absolute Gasteiger partial charge is 0.254 e. The third kappa shape index (κ3) is 19.1. The molecule has 20 rings (SSSR count). The minimum Gasteiger partial charge on any atom is -0.368 e. The quantitative estimate of drug-likeness (QED) is 0.0662. The second kappa shape index (κ2) is 34.6. The fraction of sp³-hybridized carbons (Fsp3) is 0.500. The summed E-state index contributed by atoms with van der Waals surface area (Å²) >= 11 is 0. The van der Waals surface area contributed by atoms with Crippen molar-refractivity contribution in [1.29, 1.82) is 0 Å². The first-order chi connectivity index (χ1) is 58.9. The Morgan fingerprint density at radius 2 is 0.427 bits per heavy atom. The standard InChI is InChI=1S/4C24H28F2N2O2S/c4*1-31(29,30)20-9-5-8-19(14-20)27-10-11-28(23(16-27)18-6-3-2-4-7-18)15-17-12-21-22(13-17)24(21,25)26/h4*2-9,14,17,21-23H,10-13,15-16H2,1H3/t4*17?,21-,22+,23-/m1100/s1. The molecule has 0 N–H and O–H groups in total. The molecule has 16 nitrogen and oxygen atoms in total. The van der Waals surface area contributed by atoms with Crippen LogP contribution in [0.25, 0.3) is 0 Å². The van der Waals surface area contributed by atoms with Crippen molar-refractivity contribution in [3.05, 3.63) is 241 Å². The minimum atomic E-state index is -3.27. The number of benzene rings is 8. The summed E-state index contributed by atoms with van der Waals surface area (Å²) in [6, 6.07) is 70.3. The molecule has 8 saturated carbocycles. The normalized spacial score (nSPS) is 30.2. The predicted octanol–water partition coefficient (Wildman–Crippen LogP) is 17.0. The molecule has 124 heavy (non-hydrogen) atoms. The monoisotopic (exact) mass is 1780 g/mol. The molecular weight excluding hydrogens is 1670 g/mol. The van der Waals surface area contributed by atoms with Gasteiger partial charge < -0.3 is 19.6 Å². The van der Waals surface area contributed by atoms with Crippen LogP contribution < -0.4 is 19.6 Å². The van der Waals surface area contributed by atoms with E-state index in [0.717, 1.165) is 127 Å². The van der Waals surface area contributed by atoms with Crippen molar-refractivity contribution in [3.8, 4) is 0 Å². The lowest BCUT2D eigenvalue weighted by Gasteiger charge is -2.44. The molecule has 0 aromatic heterocycles. The molecule has 12 fully saturated rings. The first-order valence-corrected chi connectivity index (χ1v) is 51.4. The van der Waals surface area contributed by atoms with E-state index in [9.17, 15) is 68.8 Å². The van der Waals surface area contributed by atoms with E-state index in [0.29, 0.717) is 94.6 Å². The number of fused-ring (bicyclic) bond motifs is 4. The Bertz CT molecular complexity index is 4870. The van der Waals surface area contributed by atoms with Crippen molar-refractivity contribution in [2.75, 3.05) is 149 Å². The van der Waals surface area contributed by atoms with Gasteiger partial charge in [-0.2, -0.15) is 0 Å². The number of anilines is 4. The van der Waals surface area contributed by atoms with Crippen molar-refractivity contribution in [2.45, 2.75) is 119 Å². The topological polar surface area (TPSA) is 162 Å². The van der Waals surface area contributed by atoms with Crippen LogP contribution in [-0.2, 0) is 39.3 Å². The van der Waals surface area contributed by atoms with E-state index in [4.69, 9.17) is 0 Å². The van der Waals surface area contributed by atoms with Gasteiger partial charge in [0, 0.05) is 200 Å². The fourth-order valence-corrected chi connectivity index (χ4v) is 24.9. The van der Waals surface area contributed by atoms with E-state index in [1.807, 2.05) is 97.1 Å². The zero-order chi connectivity index (χ0) is 87.2. The zero-order valence-electron chi connectivity index (χ0n) is 70.5. The largest absolute Gasteiger partial charge is 0.368 e. The number of halogens is 8. The summed E-state index contributed by atoms with van der Waals surface area (Å²) in [5, 5.41) is 0. The molecule has 664 valence electrons. The van der Waals surface area contributed by atoms with Gasteiger partial charge in [0.05, 0.1) is 43.7 Å². The van der Waals surface area contributed by atoms with E-state index >= 15 is 0 Å². The van der Waals surface area contributed by atoms with Crippen LogP contribution in [0.1, 0.15) is 97.8 Å². The predicted molar refractivity (Wildman–Crippen MR) is 469 cm³/mol. The van der Waals surface area contributed by atoms with E-state index in [2.05, 4.69) is 87.7 Å². The van der Waals surface area contributed by atoms with Gasteiger partial charge >= 0.3 is 0 Å². The molecule has 4 unspecified atom stereocenters. The van der Waals surface area contributed by atoms with Gasteiger partial charge in [0.25, 0.3) is 23.7 Å². The maximum Gasteiger partial charge on any atom is 0.254 e. The van der Waals surface area contributed by atoms with Crippen LogP contribution in [0.4, 0.5) is 57.9 Å². The Morgan fingerprint density at radius 1 is 0.250 bits per heavy atom. The van der Waals surface area contributed by atoms with E-state index in [1.54, 1.807) is 72.8 Å². The number of sulfone groups is 4. The van der Waals surface area contributed by atoms with Gasteiger partial charge in [0.15, 0.2) is 39.3 Å². The third-order valence-electron chi connectivity index (χ3n) is 29.3. The second-order valence-corrected chi connectivity index (χ2v) is 45.5. The third-order valence-corrected chi connectivity index (χ3v) is 33.7. The molecule has 8 aliphatic carbocycles. The zero-order valence-corrected chi connectivity index (χ0v) is 73.8. The average molecular weight is 1790 g/mol. The molecule has 8 aromatic carbocycles. The minimum absolute atomic E-state index is 0.147. The SMILES string of the molecule is CS(=O)(=O)c1cccc(N2CCN(CC3C[C@@H]4[C@H](C3)C4(F)F)[C@@H](c3ccccc3)C2)c1.CS(=O)(=O)c1cccc(N2CCN(CC3C[C@@H]4[C@H](C3)C4(F)F)[C@@H](c3ccccc3)C2)c1.CS(=O)(=O)c1cccc(N2CCN(CC3C[C@@H]4[C@H](C3)C4(F)F)[C@H](c3ccccc3)C2)c1.CS(=O)(=O)c1cccc(N2CCN(CC3C[C@@H]4[C@H](C3)C4(F)F)[C@H](c3ccccc3)C2)c1. The summed E-state index contributed by atoms with van der Waals surface area (Å²) in [4.78, 5) is 20.0. The Hall–Kier alpha value is -7.96. The van der Waals surface area contributed by atoms with Crippen molar-refractivity contribution in [2.24, 2.45) is 71.0 Å². The maximum absolute atomic E-state index is 13.6. The summed E-state index contributed by atoms with van der Waals surface area (Å²) in [7, 11) is -13.1. The summed E-state index contributed by atoms with van der Waals surface area (Å²) in [6.45, 7) is 12.8. The Morgan fingerprint density at radius 3 is 0.597 bits per heavy atom. The number of rotatable bonds is 20. The second-order valence-electron chi connectivity index (χ2n) is 37.4. The number of alkyl halides is 8. The molecule has 0 radical (unpaired) electrons. The van der Waals surface area contributed by atoms with Gasteiger partial charge in [-0.05, 0) is 170 Å². The van der Waals surface area contributed by atoms with Crippen LogP contribution in [0.2, 0.25) is 0 Å². The van der Waals surface area contributed by atoms with Crippen molar-refractivity contribution in [3.63, 3.8) is 0 Å². The van der Waals surface area contributed by atoms with Gasteiger partial charge in [-0.1, -0.05) is 146 Å². The fourth-order valence-electron chi connectivity index (χ4n) is 22.3. The Balaban J connectivity index is 0.000000117. The lowest BCUT2D eigenvalue weighted by molar-refractivity contribution is 0.0541. The van der Waals surface area contributed by atoms with Gasteiger partial charge in [0.2, 0.25) is 0 Å². The molecule has 28 heteroatoms. The molecule has 4 saturated heterocycles. The molecular formula is C96H112F8N8O8S4. The summed E-state index contributed by atoms with van der Waals surface area (Å²) in [5.41, 5.74) is 8.46. The molecule has 4 heterocycles. The lowest BCUT2D eigenvalue weighted by atomic mass is 9.97. The summed E-state index contributed by atoms with van der Waals surface area (Å²) < 4.78 is 205. The van der Waals surface area contributed by atoms with Crippen LogP contribution >= 0.6 is 0 Å². The van der Waals surface area contributed by atoms with Crippen LogP contribution in [0.3, 0.4) is 0 Å². The van der Waals surface area contributed by atoms with Crippen LogP contribution in [-0.4, -0.2) is 207 Å². The Labute approximate surface area is 725 Å². The highest BCUT2D eigenvalue weighted by Crippen LogP contribution is 2.69. The van der Waals surface area contributed by atoms with Crippen molar-refractivity contribution >= 4 is 62.1 Å². The first-order valence-electron chi connectivity index (χ1n) is 43.8. The van der Waals surface area contributed by atoms with Crippen LogP contribution in [0.5, 0.6) is 0 Å². The number of piperazine rings is 4. The summed E-state index contributed by atoms with van der Waals surface area (Å²) in [5.74, 6) is -11.5. The molecule has 4 aliphatic heterocycles. The highest BCUT2D eigenvalue weighted by atomic mass is 32.2. The van der Waals surface area contributed by atoms with E-state index in [-0.39, 0.29) is 24.2 Å². The van der Waals surface area contributed by atoms with Gasteiger partial charge in [-0.15, -0.1) is 0 Å². The van der Waals surface area contributed by atoms with Gasteiger partial charge in [0.1, 0.15) is 0 Å². The number of nitrogens with zero attached hydrogens (tertiary/aromatic N) is 8. The molecule has 0 amide bonds. The molecule has 12 aliphatic rings. The average Bonchev–Trinajstić information content (AvgIpc) is 1.57. The van der Waals surface area contributed by atoms with Crippen molar-refractivity contribution < 1.29 is 68.8 Å². The number of hydrogen-bond acceptors (Lipinski definition) is 16. The first kappa shape index (κ1) is 88.1.